The number of allylic oxidation sites excluding steroid dienone is 4. The SMILES string of the molecule is [B]C1(C)CCC2C3CCC4=CC(=O)C=CC4C3[C@@H](O)CC21. The highest BCUT2D eigenvalue weighted by Gasteiger charge is 2.54. The van der Waals surface area contributed by atoms with Gasteiger partial charge in [0.2, 0.25) is 0 Å². The first kappa shape index (κ1) is 13.8. The van der Waals surface area contributed by atoms with Crippen molar-refractivity contribution in [3.05, 3.63) is 23.8 Å². The van der Waals surface area contributed by atoms with Crippen molar-refractivity contribution in [3.63, 3.8) is 0 Å². The van der Waals surface area contributed by atoms with Gasteiger partial charge in [-0.25, -0.2) is 0 Å². The third-order valence-corrected chi connectivity index (χ3v) is 6.77. The third kappa shape index (κ3) is 2.00. The van der Waals surface area contributed by atoms with E-state index in [1.54, 1.807) is 12.2 Å². The highest BCUT2D eigenvalue weighted by Crippen LogP contribution is 2.62. The highest BCUT2D eigenvalue weighted by atomic mass is 16.3. The van der Waals surface area contributed by atoms with Crippen LogP contribution in [0.5, 0.6) is 0 Å². The summed E-state index contributed by atoms with van der Waals surface area (Å²) in [6, 6.07) is 0. The fourth-order valence-corrected chi connectivity index (χ4v) is 5.81. The molecule has 3 heteroatoms. The Kier molecular flexibility index (Phi) is 3.01. The van der Waals surface area contributed by atoms with Crippen LogP contribution >= 0.6 is 0 Å². The molecule has 1 N–H and O–H groups in total. The molecule has 21 heavy (non-hydrogen) atoms. The average Bonchev–Trinajstić information content (AvgIpc) is 2.74. The molecule has 6 unspecified atom stereocenters. The standard InChI is InChI=1S/C18H23BO2/c1-18(19)7-6-13-14-4-2-10-8-11(20)3-5-12(10)17(14)16(21)9-15(13)18/h3,5,8,12-17,21H,2,4,6-7,9H2,1H3/t12?,13?,14?,15?,16-,17?,18?/m0/s1. The van der Waals surface area contributed by atoms with Crippen molar-refractivity contribution in [2.75, 3.05) is 0 Å². The van der Waals surface area contributed by atoms with Gasteiger partial charge in [-0.3, -0.25) is 4.79 Å². The van der Waals surface area contributed by atoms with Gasteiger partial charge in [0.15, 0.2) is 5.78 Å². The van der Waals surface area contributed by atoms with Crippen molar-refractivity contribution in [2.45, 2.75) is 50.4 Å². The van der Waals surface area contributed by atoms with Crippen molar-refractivity contribution in [1.82, 2.24) is 0 Å². The molecule has 110 valence electrons. The maximum absolute atomic E-state index is 11.6. The van der Waals surface area contributed by atoms with Crippen LogP contribution in [0, 0.1) is 29.6 Å². The van der Waals surface area contributed by atoms with Crippen molar-refractivity contribution < 1.29 is 9.90 Å². The summed E-state index contributed by atoms with van der Waals surface area (Å²) in [5.74, 6) is 2.39. The lowest BCUT2D eigenvalue weighted by Crippen LogP contribution is -2.48. The van der Waals surface area contributed by atoms with Gasteiger partial charge in [0.05, 0.1) is 14.0 Å². The van der Waals surface area contributed by atoms with Gasteiger partial charge in [0.1, 0.15) is 0 Å². The van der Waals surface area contributed by atoms with E-state index in [1.165, 1.54) is 12.0 Å². The maximum atomic E-state index is 11.6. The van der Waals surface area contributed by atoms with E-state index in [0.29, 0.717) is 23.7 Å². The van der Waals surface area contributed by atoms with E-state index in [4.69, 9.17) is 7.85 Å². The summed E-state index contributed by atoms with van der Waals surface area (Å²) in [5.41, 5.74) is 1.25. The predicted octanol–water partition coefficient (Wildman–Crippen LogP) is 2.83. The van der Waals surface area contributed by atoms with Gasteiger partial charge >= 0.3 is 0 Å². The number of aliphatic hydroxyl groups excluding tert-OH is 1. The predicted molar refractivity (Wildman–Crippen MR) is 82.9 cm³/mol. The quantitative estimate of drug-likeness (QED) is 0.694. The third-order valence-electron chi connectivity index (χ3n) is 6.77. The minimum atomic E-state index is -0.274. The Labute approximate surface area is 128 Å². The number of carbonyl (C=O) groups excluding carboxylic acids is 1. The van der Waals surface area contributed by atoms with Gasteiger partial charge in [-0.15, -0.1) is 0 Å². The second-order valence-electron chi connectivity index (χ2n) is 7.90. The molecule has 0 bridgehead atoms. The monoisotopic (exact) mass is 282 g/mol. The van der Waals surface area contributed by atoms with Crippen LogP contribution in [0.4, 0.5) is 0 Å². The first-order chi connectivity index (χ1) is 9.97. The fourth-order valence-electron chi connectivity index (χ4n) is 5.81. The number of rotatable bonds is 0. The molecule has 4 aliphatic rings. The smallest absolute Gasteiger partial charge is 0.178 e. The Morgan fingerprint density at radius 1 is 1.33 bits per heavy atom. The van der Waals surface area contributed by atoms with Crippen molar-refractivity contribution in [1.29, 1.82) is 0 Å². The van der Waals surface area contributed by atoms with Crippen LogP contribution in [0.1, 0.15) is 39.0 Å². The zero-order valence-electron chi connectivity index (χ0n) is 12.7. The molecule has 0 aromatic rings. The molecule has 0 aromatic heterocycles. The lowest BCUT2D eigenvalue weighted by molar-refractivity contribution is -0.111. The van der Waals surface area contributed by atoms with Gasteiger partial charge in [-0.05, 0) is 55.1 Å². The van der Waals surface area contributed by atoms with Gasteiger partial charge in [0.25, 0.3) is 0 Å². The van der Waals surface area contributed by atoms with Crippen molar-refractivity contribution in [2.24, 2.45) is 29.6 Å². The van der Waals surface area contributed by atoms with E-state index in [2.05, 4.69) is 13.0 Å². The molecular weight excluding hydrogens is 259 g/mol. The Morgan fingerprint density at radius 2 is 2.14 bits per heavy atom. The lowest BCUT2D eigenvalue weighted by Gasteiger charge is -2.52. The second-order valence-corrected chi connectivity index (χ2v) is 7.90. The first-order valence-corrected chi connectivity index (χ1v) is 8.37. The molecule has 2 nitrogen and oxygen atoms in total. The van der Waals surface area contributed by atoms with Crippen LogP contribution in [0.3, 0.4) is 0 Å². The van der Waals surface area contributed by atoms with Crippen molar-refractivity contribution >= 4 is 13.6 Å². The summed E-state index contributed by atoms with van der Waals surface area (Å²) in [4.78, 5) is 11.6. The second kappa shape index (κ2) is 4.58. The van der Waals surface area contributed by atoms with E-state index >= 15 is 0 Å². The average molecular weight is 282 g/mol. The lowest BCUT2D eigenvalue weighted by atomic mass is 9.51. The molecular formula is C18H23BO2. The molecule has 0 amide bonds. The zero-order valence-corrected chi connectivity index (χ0v) is 12.7. The van der Waals surface area contributed by atoms with Crippen LogP contribution in [0.2, 0.25) is 5.31 Å². The number of ketones is 1. The van der Waals surface area contributed by atoms with Gasteiger partial charge in [-0.1, -0.05) is 36.7 Å². The highest BCUT2D eigenvalue weighted by molar-refractivity contribution is 6.15. The van der Waals surface area contributed by atoms with E-state index in [-0.39, 0.29) is 23.1 Å². The van der Waals surface area contributed by atoms with Gasteiger partial charge in [-0.2, -0.15) is 0 Å². The number of aliphatic hydroxyl groups is 1. The molecule has 2 radical (unpaired) electrons. The Morgan fingerprint density at radius 3 is 2.95 bits per heavy atom. The molecule has 0 spiro atoms. The Bertz CT molecular complexity index is 533. The Hall–Kier alpha value is -0.825. The van der Waals surface area contributed by atoms with Crippen LogP contribution in [0.25, 0.3) is 0 Å². The van der Waals surface area contributed by atoms with E-state index < -0.39 is 0 Å². The fraction of sp³-hybridized carbons (Fsp3) is 0.722. The summed E-state index contributed by atoms with van der Waals surface area (Å²) in [6.07, 6.45) is 10.5. The van der Waals surface area contributed by atoms with Gasteiger partial charge < -0.3 is 5.11 Å². The minimum absolute atomic E-state index is 0.106. The number of hydrogen-bond donors (Lipinski definition) is 1. The normalized spacial score (nSPS) is 51.9. The first-order valence-electron chi connectivity index (χ1n) is 8.37. The maximum Gasteiger partial charge on any atom is 0.178 e. The van der Waals surface area contributed by atoms with Crippen LogP contribution in [-0.2, 0) is 4.79 Å². The topological polar surface area (TPSA) is 37.3 Å². The minimum Gasteiger partial charge on any atom is -0.393 e. The van der Waals surface area contributed by atoms with Crippen LogP contribution in [0.15, 0.2) is 23.8 Å². The molecule has 4 rings (SSSR count). The molecule has 0 aliphatic heterocycles. The number of hydrogen-bond acceptors (Lipinski definition) is 2. The molecule has 0 aromatic carbocycles. The number of carbonyl (C=O) groups is 1. The van der Waals surface area contributed by atoms with Crippen molar-refractivity contribution in [3.8, 4) is 0 Å². The summed E-state index contributed by atoms with van der Waals surface area (Å²) in [7, 11) is 6.49. The summed E-state index contributed by atoms with van der Waals surface area (Å²) in [5, 5.41) is 10.7. The van der Waals surface area contributed by atoms with E-state index in [1.807, 2.05) is 0 Å². The summed E-state index contributed by atoms with van der Waals surface area (Å²) in [6.45, 7) is 2.16. The van der Waals surface area contributed by atoms with Crippen LogP contribution in [-0.4, -0.2) is 24.8 Å². The van der Waals surface area contributed by atoms with Crippen LogP contribution < -0.4 is 0 Å². The largest absolute Gasteiger partial charge is 0.393 e. The van der Waals surface area contributed by atoms with E-state index in [9.17, 15) is 9.90 Å². The molecule has 0 heterocycles. The molecule has 3 saturated carbocycles. The number of fused-ring (bicyclic) bond motifs is 5. The molecule has 4 aliphatic carbocycles. The summed E-state index contributed by atoms with van der Waals surface area (Å²) < 4.78 is 0. The zero-order chi connectivity index (χ0) is 14.8. The van der Waals surface area contributed by atoms with Gasteiger partial charge in [0, 0.05) is 5.92 Å². The molecule has 0 saturated heterocycles. The Balaban J connectivity index is 1.67. The molecule has 7 atom stereocenters. The summed E-state index contributed by atoms with van der Waals surface area (Å²) >= 11 is 0. The van der Waals surface area contributed by atoms with E-state index in [0.717, 1.165) is 25.7 Å². The molecule has 3 fully saturated rings.